The Morgan fingerprint density at radius 1 is 1.16 bits per heavy atom. The van der Waals surface area contributed by atoms with Crippen molar-refractivity contribution in [2.45, 2.75) is 24.9 Å². The number of anilines is 1. The van der Waals surface area contributed by atoms with E-state index in [4.69, 9.17) is 9.47 Å². The van der Waals surface area contributed by atoms with Crippen molar-refractivity contribution in [3.63, 3.8) is 0 Å². The van der Waals surface area contributed by atoms with Crippen LogP contribution in [0, 0.1) is 5.82 Å². The lowest BCUT2D eigenvalue weighted by atomic mass is 10.0. The number of hydrogen-bond donors (Lipinski definition) is 2. The minimum atomic E-state index is -0.583. The van der Waals surface area contributed by atoms with E-state index < -0.39 is 5.82 Å². The van der Waals surface area contributed by atoms with Gasteiger partial charge in [-0.15, -0.1) is 12.4 Å². The van der Waals surface area contributed by atoms with E-state index in [1.165, 1.54) is 6.07 Å². The fraction of sp³-hybridized carbons (Fsp3) is 0.375. The van der Waals surface area contributed by atoms with Gasteiger partial charge in [-0.1, -0.05) is 0 Å². The second-order valence-corrected chi connectivity index (χ2v) is 9.10. The summed E-state index contributed by atoms with van der Waals surface area (Å²) in [5.74, 6) is -0.474. The van der Waals surface area contributed by atoms with E-state index in [1.54, 1.807) is 22.8 Å². The molecule has 2 amide bonds. The molecule has 0 spiro atoms. The zero-order valence-corrected chi connectivity index (χ0v) is 20.4. The van der Waals surface area contributed by atoms with Crippen LogP contribution in [0.3, 0.4) is 0 Å². The predicted octanol–water partition coefficient (Wildman–Crippen LogP) is 1.51. The lowest BCUT2D eigenvalue weighted by Crippen LogP contribution is -2.47. The van der Waals surface area contributed by atoms with Crippen molar-refractivity contribution in [2.75, 3.05) is 38.2 Å². The Bertz CT molecular complexity index is 1440. The number of halogens is 2. The number of likely N-dealkylation sites (tertiary alicyclic amines) is 1. The average molecular weight is 531 g/mol. The number of nitrogens with one attached hydrogen (secondary N) is 2. The molecule has 3 aliphatic rings. The molecular formula is C24H24ClFN6O5. The molecule has 194 valence electrons. The Balaban J connectivity index is 0.00000280. The van der Waals surface area contributed by atoms with Crippen LogP contribution >= 0.6 is 12.4 Å². The molecule has 3 aromatic heterocycles. The van der Waals surface area contributed by atoms with Crippen molar-refractivity contribution in [2.24, 2.45) is 0 Å². The Morgan fingerprint density at radius 3 is 2.78 bits per heavy atom. The Kier molecular flexibility index (Phi) is 6.69. The molecule has 6 heterocycles. The van der Waals surface area contributed by atoms with E-state index in [9.17, 15) is 18.8 Å². The molecule has 0 aromatic carbocycles. The van der Waals surface area contributed by atoms with Crippen molar-refractivity contribution < 1.29 is 23.5 Å². The van der Waals surface area contributed by atoms with Gasteiger partial charge in [0.1, 0.15) is 17.8 Å². The van der Waals surface area contributed by atoms with Crippen LogP contribution in [0.25, 0.3) is 11.0 Å². The van der Waals surface area contributed by atoms with Gasteiger partial charge in [0, 0.05) is 31.7 Å². The van der Waals surface area contributed by atoms with Crippen LogP contribution in [0.15, 0.2) is 35.3 Å². The van der Waals surface area contributed by atoms with Gasteiger partial charge in [-0.25, -0.2) is 9.37 Å². The van der Waals surface area contributed by atoms with E-state index in [2.05, 4.69) is 25.5 Å². The average Bonchev–Trinajstić information content (AvgIpc) is 2.88. The Morgan fingerprint density at radius 2 is 1.97 bits per heavy atom. The van der Waals surface area contributed by atoms with Crippen molar-refractivity contribution in [1.29, 1.82) is 0 Å². The summed E-state index contributed by atoms with van der Waals surface area (Å²) < 4.78 is 26.8. The third-order valence-electron chi connectivity index (χ3n) is 6.74. The standard InChI is InChI=1S/C24H23FN6O5.ClH/c25-15-9-26-16-2-4-20(33)31-14(11-36-22(15)21(16)31)10-30-7-5-13(6-8-30)27-24(34)17-1-3-18-23(28-17)29-19(32)12-35-18;/h1-4,9,13-14H,5-8,10-12H2,(H,27,34)(H,28,29,32);1H/t14-;/m1./s1. The number of aromatic nitrogens is 3. The number of carbonyl (C=O) groups is 2. The van der Waals surface area contributed by atoms with Gasteiger partial charge in [-0.2, -0.15) is 0 Å². The fourth-order valence-electron chi connectivity index (χ4n) is 4.97. The molecule has 11 nitrogen and oxygen atoms in total. The zero-order chi connectivity index (χ0) is 24.8. The number of carbonyl (C=O) groups excluding carboxylic acids is 2. The first-order valence-electron chi connectivity index (χ1n) is 11.8. The summed E-state index contributed by atoms with van der Waals surface area (Å²) in [6.45, 7) is 2.09. The van der Waals surface area contributed by atoms with E-state index >= 15 is 0 Å². The van der Waals surface area contributed by atoms with Crippen LogP contribution in [-0.2, 0) is 4.79 Å². The molecule has 0 saturated carbocycles. The lowest BCUT2D eigenvalue weighted by Gasteiger charge is -2.36. The molecule has 3 aliphatic heterocycles. The fourth-order valence-corrected chi connectivity index (χ4v) is 4.97. The quantitative estimate of drug-likeness (QED) is 0.519. The maximum Gasteiger partial charge on any atom is 0.270 e. The van der Waals surface area contributed by atoms with Gasteiger partial charge in [0.15, 0.2) is 29.7 Å². The number of ether oxygens (including phenoxy) is 2. The summed E-state index contributed by atoms with van der Waals surface area (Å²) in [5, 5.41) is 5.61. The number of nitrogens with zero attached hydrogens (tertiary/aromatic N) is 4. The van der Waals surface area contributed by atoms with Crippen LogP contribution < -0.4 is 25.7 Å². The number of piperidine rings is 1. The molecule has 1 atom stereocenters. The molecule has 0 radical (unpaired) electrons. The summed E-state index contributed by atoms with van der Waals surface area (Å²) >= 11 is 0. The highest BCUT2D eigenvalue weighted by Gasteiger charge is 2.30. The van der Waals surface area contributed by atoms with Gasteiger partial charge in [0.25, 0.3) is 17.4 Å². The highest BCUT2D eigenvalue weighted by molar-refractivity contribution is 5.97. The highest BCUT2D eigenvalue weighted by atomic mass is 35.5. The first-order chi connectivity index (χ1) is 17.5. The first-order valence-corrected chi connectivity index (χ1v) is 11.8. The minimum absolute atomic E-state index is 0. The molecule has 1 saturated heterocycles. The molecule has 1 fully saturated rings. The van der Waals surface area contributed by atoms with Gasteiger partial charge < -0.3 is 25.0 Å². The molecule has 3 aromatic rings. The van der Waals surface area contributed by atoms with Gasteiger partial charge in [0.05, 0.1) is 17.8 Å². The number of rotatable bonds is 4. The first kappa shape index (κ1) is 24.9. The summed E-state index contributed by atoms with van der Waals surface area (Å²) in [7, 11) is 0. The summed E-state index contributed by atoms with van der Waals surface area (Å²) in [6.07, 6.45) is 2.54. The monoisotopic (exact) mass is 530 g/mol. The molecule has 37 heavy (non-hydrogen) atoms. The summed E-state index contributed by atoms with van der Waals surface area (Å²) in [5.41, 5.74) is 0.887. The van der Waals surface area contributed by atoms with Crippen molar-refractivity contribution in [3.8, 4) is 11.5 Å². The topological polar surface area (TPSA) is 128 Å². The highest BCUT2D eigenvalue weighted by Crippen LogP contribution is 2.33. The largest absolute Gasteiger partial charge is 0.486 e. The van der Waals surface area contributed by atoms with E-state index in [0.717, 1.165) is 19.0 Å². The van der Waals surface area contributed by atoms with Crippen LogP contribution in [0.2, 0.25) is 0 Å². The maximum atomic E-state index is 14.2. The summed E-state index contributed by atoms with van der Waals surface area (Å²) in [6, 6.07) is 5.90. The lowest BCUT2D eigenvalue weighted by molar-refractivity contribution is -0.118. The van der Waals surface area contributed by atoms with Gasteiger partial charge >= 0.3 is 0 Å². The minimum Gasteiger partial charge on any atom is -0.486 e. The third kappa shape index (κ3) is 4.69. The number of pyridine rings is 3. The van der Waals surface area contributed by atoms with Crippen LogP contribution in [-0.4, -0.2) is 70.1 Å². The SMILES string of the molecule is Cl.O=C1COc2ccc(C(=O)NC3CCN(C[C@@H]4COc5c(F)cnc6ccc(=O)n4c56)CC3)nc2N1. The second kappa shape index (κ2) is 9.94. The zero-order valence-electron chi connectivity index (χ0n) is 19.6. The molecule has 0 bridgehead atoms. The molecule has 2 N–H and O–H groups in total. The molecule has 0 unspecified atom stereocenters. The number of amides is 2. The van der Waals surface area contributed by atoms with E-state index in [1.807, 2.05) is 0 Å². The maximum absolute atomic E-state index is 14.2. The normalized spacial score (nSPS) is 19.2. The second-order valence-electron chi connectivity index (χ2n) is 9.10. The number of fused-ring (bicyclic) bond motifs is 1. The van der Waals surface area contributed by atoms with Crippen molar-refractivity contribution in [1.82, 2.24) is 24.8 Å². The van der Waals surface area contributed by atoms with E-state index in [0.29, 0.717) is 36.4 Å². The predicted molar refractivity (Wildman–Crippen MR) is 133 cm³/mol. The smallest absolute Gasteiger partial charge is 0.270 e. The van der Waals surface area contributed by atoms with Gasteiger partial charge in [0.2, 0.25) is 0 Å². The molecule has 6 rings (SSSR count). The van der Waals surface area contributed by atoms with Crippen molar-refractivity contribution >= 4 is 41.1 Å². The Hall–Kier alpha value is -3.77. The molecule has 0 aliphatic carbocycles. The van der Waals surface area contributed by atoms with Gasteiger partial charge in [-0.3, -0.25) is 23.9 Å². The van der Waals surface area contributed by atoms with Crippen LogP contribution in [0.1, 0.15) is 29.4 Å². The number of hydrogen-bond acceptors (Lipinski definition) is 8. The van der Waals surface area contributed by atoms with E-state index in [-0.39, 0.29) is 72.3 Å². The van der Waals surface area contributed by atoms with Crippen LogP contribution in [0.4, 0.5) is 10.2 Å². The molecule has 13 heteroatoms. The third-order valence-corrected chi connectivity index (χ3v) is 6.74. The van der Waals surface area contributed by atoms with Crippen molar-refractivity contribution in [3.05, 3.63) is 52.3 Å². The van der Waals surface area contributed by atoms with Gasteiger partial charge in [-0.05, 0) is 31.0 Å². The van der Waals surface area contributed by atoms with Crippen LogP contribution in [0.5, 0.6) is 11.5 Å². The summed E-state index contributed by atoms with van der Waals surface area (Å²) in [4.78, 5) is 47.5. The molecular weight excluding hydrogens is 507 g/mol. The Labute approximate surface area is 216 Å².